The minimum absolute atomic E-state index is 0.0274. The first-order chi connectivity index (χ1) is 17.0. The van der Waals surface area contributed by atoms with Crippen LogP contribution in [0.5, 0.6) is 0 Å². The van der Waals surface area contributed by atoms with Gasteiger partial charge < -0.3 is 20.0 Å². The summed E-state index contributed by atoms with van der Waals surface area (Å²) in [5, 5.41) is 6.28. The topological polar surface area (TPSA) is 109 Å². The molecule has 3 N–H and O–H groups in total. The summed E-state index contributed by atoms with van der Waals surface area (Å²) in [4.78, 5) is 39.9. The average Bonchev–Trinajstić information content (AvgIpc) is 3.40. The molecule has 0 aliphatic heterocycles. The Hall–Kier alpha value is -3.98. The van der Waals surface area contributed by atoms with Crippen LogP contribution in [0.15, 0.2) is 76.1 Å². The maximum Gasteiger partial charge on any atom is 0.291 e. The Bertz CT molecular complexity index is 1420. The van der Waals surface area contributed by atoms with Gasteiger partial charge in [-0.05, 0) is 67.0 Å². The van der Waals surface area contributed by atoms with E-state index in [1.807, 2.05) is 30.3 Å². The van der Waals surface area contributed by atoms with E-state index in [9.17, 15) is 14.4 Å². The second-order valence-corrected chi connectivity index (χ2v) is 8.53. The zero-order valence-corrected chi connectivity index (χ0v) is 19.9. The number of hydrogen-bond acceptors (Lipinski definition) is 5. The van der Waals surface area contributed by atoms with E-state index in [4.69, 9.17) is 16.6 Å². The van der Waals surface area contributed by atoms with Gasteiger partial charge in [0.05, 0.1) is 17.2 Å². The molecule has 35 heavy (non-hydrogen) atoms. The average molecular weight is 491 g/mol. The van der Waals surface area contributed by atoms with Crippen LogP contribution in [0.4, 0.5) is 5.69 Å². The van der Waals surface area contributed by atoms with Crippen molar-refractivity contribution in [3.05, 3.63) is 93.4 Å². The van der Waals surface area contributed by atoms with Gasteiger partial charge in [0.25, 0.3) is 11.5 Å². The SMILES string of the molecule is O=C(CCCCCn1c(=S)[nH]c2ccccc2c1=O)NCc1ccc(NC(=O)c2ccco2)cc1. The van der Waals surface area contributed by atoms with Crippen LogP contribution >= 0.6 is 12.2 Å². The highest BCUT2D eigenvalue weighted by atomic mass is 32.1. The Labute approximate surface area is 207 Å². The van der Waals surface area contributed by atoms with E-state index < -0.39 is 0 Å². The normalized spacial score (nSPS) is 10.9. The number of nitrogens with zero attached hydrogens (tertiary/aromatic N) is 1. The smallest absolute Gasteiger partial charge is 0.291 e. The number of para-hydroxylation sites is 1. The van der Waals surface area contributed by atoms with Crippen molar-refractivity contribution in [1.29, 1.82) is 0 Å². The molecular weight excluding hydrogens is 464 g/mol. The van der Waals surface area contributed by atoms with Gasteiger partial charge in [-0.25, -0.2) is 0 Å². The molecule has 0 spiro atoms. The largest absolute Gasteiger partial charge is 0.459 e. The second kappa shape index (κ2) is 11.4. The van der Waals surface area contributed by atoms with Crippen molar-refractivity contribution in [3.8, 4) is 0 Å². The quantitative estimate of drug-likeness (QED) is 0.219. The van der Waals surface area contributed by atoms with E-state index in [2.05, 4.69) is 15.6 Å². The molecule has 0 aliphatic carbocycles. The molecule has 0 fully saturated rings. The van der Waals surface area contributed by atoms with Crippen LogP contribution in [0.25, 0.3) is 10.9 Å². The van der Waals surface area contributed by atoms with Crippen molar-refractivity contribution in [1.82, 2.24) is 14.9 Å². The van der Waals surface area contributed by atoms with Crippen LogP contribution in [0.3, 0.4) is 0 Å². The van der Waals surface area contributed by atoms with Gasteiger partial charge in [-0.15, -0.1) is 0 Å². The van der Waals surface area contributed by atoms with E-state index in [-0.39, 0.29) is 23.1 Å². The standard InChI is InChI=1S/C26H26N4O4S/c31-23(27-17-18-11-13-19(14-12-18)28-24(32)22-9-6-16-34-22)10-2-1-5-15-30-25(33)20-7-3-4-8-21(20)29-26(30)35/h3-4,6-9,11-14,16H,1-2,5,10,15,17H2,(H,27,31)(H,28,32)(H,29,35). The minimum Gasteiger partial charge on any atom is -0.459 e. The highest BCUT2D eigenvalue weighted by molar-refractivity contribution is 7.71. The van der Waals surface area contributed by atoms with Crippen LogP contribution in [-0.4, -0.2) is 21.4 Å². The Balaban J connectivity index is 1.16. The van der Waals surface area contributed by atoms with Crippen LogP contribution < -0.4 is 16.2 Å². The lowest BCUT2D eigenvalue weighted by molar-refractivity contribution is -0.121. The lowest BCUT2D eigenvalue weighted by atomic mass is 10.1. The number of nitrogens with one attached hydrogen (secondary N) is 3. The number of H-pyrrole nitrogens is 1. The number of carbonyl (C=O) groups is 2. The molecule has 0 saturated heterocycles. The molecule has 0 aliphatic rings. The third-order valence-electron chi connectivity index (χ3n) is 5.62. The zero-order valence-electron chi connectivity index (χ0n) is 19.1. The number of furan rings is 1. The number of anilines is 1. The van der Waals surface area contributed by atoms with Crippen LogP contribution in [0, 0.1) is 4.77 Å². The molecular formula is C26H26N4O4S. The molecule has 0 bridgehead atoms. The third-order valence-corrected chi connectivity index (χ3v) is 5.94. The third kappa shape index (κ3) is 6.33. The Morgan fingerprint density at radius 3 is 2.54 bits per heavy atom. The molecule has 9 heteroatoms. The van der Waals surface area contributed by atoms with Gasteiger partial charge in [-0.2, -0.15) is 0 Å². The fourth-order valence-electron chi connectivity index (χ4n) is 3.73. The molecule has 2 amide bonds. The van der Waals surface area contributed by atoms with E-state index in [0.29, 0.717) is 35.4 Å². The Morgan fingerprint density at radius 2 is 1.77 bits per heavy atom. The summed E-state index contributed by atoms with van der Waals surface area (Å²) >= 11 is 5.33. The van der Waals surface area contributed by atoms with Crippen LogP contribution in [0.1, 0.15) is 41.8 Å². The van der Waals surface area contributed by atoms with E-state index in [0.717, 1.165) is 30.3 Å². The molecule has 2 aromatic carbocycles. The number of unbranched alkanes of at least 4 members (excludes halogenated alkanes) is 2. The van der Waals surface area contributed by atoms with Crippen molar-refractivity contribution in [2.75, 3.05) is 5.32 Å². The number of hydrogen-bond donors (Lipinski definition) is 3. The molecule has 0 atom stereocenters. The second-order valence-electron chi connectivity index (χ2n) is 8.15. The monoisotopic (exact) mass is 490 g/mol. The van der Waals surface area contributed by atoms with Gasteiger partial charge in [0.2, 0.25) is 5.91 Å². The van der Waals surface area contributed by atoms with E-state index in [1.165, 1.54) is 6.26 Å². The van der Waals surface area contributed by atoms with Crippen molar-refractivity contribution >= 4 is 40.6 Å². The van der Waals surface area contributed by atoms with Gasteiger partial charge in [-0.1, -0.05) is 30.7 Å². The first-order valence-corrected chi connectivity index (χ1v) is 11.8. The number of aromatic nitrogens is 2. The Morgan fingerprint density at radius 1 is 0.971 bits per heavy atom. The summed E-state index contributed by atoms with van der Waals surface area (Å²) in [6.45, 7) is 0.927. The number of amides is 2. The van der Waals surface area contributed by atoms with Gasteiger partial charge in [-0.3, -0.25) is 19.0 Å². The lowest BCUT2D eigenvalue weighted by Crippen LogP contribution is -2.23. The maximum absolute atomic E-state index is 12.7. The Kier molecular flexibility index (Phi) is 7.89. The number of fused-ring (bicyclic) bond motifs is 1. The van der Waals surface area contributed by atoms with Gasteiger partial charge >= 0.3 is 0 Å². The predicted molar refractivity (Wildman–Crippen MR) is 137 cm³/mol. The predicted octanol–water partition coefficient (Wildman–Crippen LogP) is 4.78. The molecule has 180 valence electrons. The summed E-state index contributed by atoms with van der Waals surface area (Å²) < 4.78 is 7.07. The summed E-state index contributed by atoms with van der Waals surface area (Å²) in [5.74, 6) is -0.0995. The van der Waals surface area contributed by atoms with Crippen molar-refractivity contribution in [3.63, 3.8) is 0 Å². The first kappa shape index (κ1) is 24.2. The summed E-state index contributed by atoms with van der Waals surface area (Å²) in [7, 11) is 0. The number of carbonyl (C=O) groups excluding carboxylic acids is 2. The molecule has 8 nitrogen and oxygen atoms in total. The van der Waals surface area contributed by atoms with Crippen LogP contribution in [-0.2, 0) is 17.9 Å². The number of benzene rings is 2. The van der Waals surface area contributed by atoms with Gasteiger partial charge in [0.15, 0.2) is 10.5 Å². The first-order valence-electron chi connectivity index (χ1n) is 11.4. The zero-order chi connectivity index (χ0) is 24.6. The van der Waals surface area contributed by atoms with E-state index in [1.54, 1.807) is 34.9 Å². The fraction of sp³-hybridized carbons (Fsp3) is 0.231. The maximum atomic E-state index is 12.7. The van der Waals surface area contributed by atoms with Crippen molar-refractivity contribution < 1.29 is 14.0 Å². The molecule has 2 heterocycles. The molecule has 4 aromatic rings. The van der Waals surface area contributed by atoms with Gasteiger partial charge in [0.1, 0.15) is 0 Å². The van der Waals surface area contributed by atoms with Crippen molar-refractivity contribution in [2.45, 2.75) is 38.8 Å². The molecule has 4 rings (SSSR count). The fourth-order valence-corrected chi connectivity index (χ4v) is 4.01. The number of aromatic amines is 1. The molecule has 0 radical (unpaired) electrons. The van der Waals surface area contributed by atoms with E-state index >= 15 is 0 Å². The summed E-state index contributed by atoms with van der Waals surface area (Å²) in [5.41, 5.74) is 2.23. The molecule has 0 saturated carbocycles. The lowest BCUT2D eigenvalue weighted by Gasteiger charge is -2.09. The van der Waals surface area contributed by atoms with Gasteiger partial charge in [0, 0.05) is 25.2 Å². The van der Waals surface area contributed by atoms with Crippen LogP contribution in [0.2, 0.25) is 0 Å². The summed E-state index contributed by atoms with van der Waals surface area (Å²) in [6.07, 6.45) is 4.15. The minimum atomic E-state index is -0.316. The molecule has 0 unspecified atom stereocenters. The highest BCUT2D eigenvalue weighted by Gasteiger charge is 2.09. The molecule has 2 aromatic heterocycles. The highest BCUT2D eigenvalue weighted by Crippen LogP contribution is 2.12. The number of rotatable bonds is 10. The van der Waals surface area contributed by atoms with Crippen molar-refractivity contribution in [2.24, 2.45) is 0 Å². The summed E-state index contributed by atoms with van der Waals surface area (Å²) in [6, 6.07) is 17.8.